The summed E-state index contributed by atoms with van der Waals surface area (Å²) in [6.07, 6.45) is 3.19. The lowest BCUT2D eigenvalue weighted by Gasteiger charge is -2.16. The van der Waals surface area contributed by atoms with Crippen LogP contribution in [0, 0.1) is 0 Å². The quantitative estimate of drug-likeness (QED) is 0.412. The first-order chi connectivity index (χ1) is 15.1. The Morgan fingerprint density at radius 3 is 2.59 bits per heavy atom. The number of hydrogen-bond acceptors (Lipinski definition) is 6. The van der Waals surface area contributed by atoms with Crippen molar-refractivity contribution in [3.05, 3.63) is 78.2 Å². The van der Waals surface area contributed by atoms with Crippen molar-refractivity contribution in [3.63, 3.8) is 0 Å². The van der Waals surface area contributed by atoms with Crippen LogP contribution < -0.4 is 10.6 Å². The average Bonchev–Trinajstić information content (AvgIpc) is 2.82. The molecule has 4 rings (SSSR count). The van der Waals surface area contributed by atoms with Gasteiger partial charge in [-0.1, -0.05) is 25.1 Å². The third-order valence-corrected chi connectivity index (χ3v) is 5.22. The summed E-state index contributed by atoms with van der Waals surface area (Å²) in [7, 11) is 1.62. The number of carbonyl (C=O) groups excluding carboxylic acids is 1. The number of nitrogens with zero attached hydrogens (tertiary/aromatic N) is 3. The van der Waals surface area contributed by atoms with Gasteiger partial charge < -0.3 is 15.7 Å². The summed E-state index contributed by atoms with van der Waals surface area (Å²) in [5.41, 5.74) is 4.17. The van der Waals surface area contributed by atoms with Gasteiger partial charge in [0.1, 0.15) is 17.9 Å². The maximum atomic E-state index is 12.2. The van der Waals surface area contributed by atoms with E-state index in [0.717, 1.165) is 27.7 Å². The van der Waals surface area contributed by atoms with Crippen LogP contribution in [0.4, 0.5) is 5.82 Å². The maximum Gasteiger partial charge on any atom is 0.251 e. The van der Waals surface area contributed by atoms with Gasteiger partial charge in [-0.05, 0) is 35.9 Å². The number of anilines is 1. The van der Waals surface area contributed by atoms with E-state index in [1.54, 1.807) is 31.4 Å². The Balaban J connectivity index is 0.00000289. The summed E-state index contributed by atoms with van der Waals surface area (Å²) >= 11 is 0. The molecule has 0 aliphatic heterocycles. The molecule has 0 saturated heterocycles. The first-order valence-corrected chi connectivity index (χ1v) is 10.0. The average molecular weight is 448 g/mol. The van der Waals surface area contributed by atoms with Crippen molar-refractivity contribution in [2.45, 2.75) is 12.8 Å². The lowest BCUT2D eigenvalue weighted by molar-refractivity contribution is 0.0964. The highest BCUT2D eigenvalue weighted by molar-refractivity contribution is 7.59. The van der Waals surface area contributed by atoms with Crippen molar-refractivity contribution < 1.29 is 9.90 Å². The minimum absolute atomic E-state index is 0. The molecule has 2 aromatic heterocycles. The van der Waals surface area contributed by atoms with Crippen molar-refractivity contribution in [1.82, 2.24) is 20.3 Å². The first kappa shape index (κ1) is 23.0. The van der Waals surface area contributed by atoms with Crippen LogP contribution in [0.1, 0.15) is 28.8 Å². The molecule has 2 aromatic carbocycles. The van der Waals surface area contributed by atoms with Crippen molar-refractivity contribution >= 4 is 36.1 Å². The molecule has 7 nitrogen and oxygen atoms in total. The number of hydrogen-bond donors (Lipinski definition) is 3. The Hall–Kier alpha value is -3.65. The lowest BCUT2D eigenvalue weighted by Crippen LogP contribution is -2.18. The molecule has 164 valence electrons. The predicted molar refractivity (Wildman–Crippen MR) is 132 cm³/mol. The van der Waals surface area contributed by atoms with E-state index in [-0.39, 0.29) is 31.1 Å². The van der Waals surface area contributed by atoms with Crippen LogP contribution in [0.3, 0.4) is 0 Å². The van der Waals surface area contributed by atoms with Crippen LogP contribution in [0.25, 0.3) is 22.2 Å². The molecule has 0 bridgehead atoms. The fraction of sp³-hybridized carbons (Fsp3) is 0.167. The summed E-state index contributed by atoms with van der Waals surface area (Å²) in [4.78, 5) is 25.4. The number of amides is 1. The van der Waals surface area contributed by atoms with Gasteiger partial charge in [0.05, 0.1) is 16.8 Å². The van der Waals surface area contributed by atoms with Gasteiger partial charge in [-0.15, -0.1) is 0 Å². The van der Waals surface area contributed by atoms with E-state index in [0.29, 0.717) is 17.9 Å². The summed E-state index contributed by atoms with van der Waals surface area (Å²) in [6.45, 7) is 2.75. The molecule has 1 amide bonds. The lowest BCUT2D eigenvalue weighted by atomic mass is 9.96. The highest BCUT2D eigenvalue weighted by Crippen LogP contribution is 2.27. The number of aromatic hydroxyl groups is 1. The zero-order valence-electron chi connectivity index (χ0n) is 17.8. The predicted octanol–water partition coefficient (Wildman–Crippen LogP) is 4.09. The van der Waals surface area contributed by atoms with Crippen molar-refractivity contribution in [1.29, 1.82) is 0 Å². The topological polar surface area (TPSA) is 100 Å². The van der Waals surface area contributed by atoms with Crippen molar-refractivity contribution in [2.24, 2.45) is 0 Å². The largest absolute Gasteiger partial charge is 0.508 e. The van der Waals surface area contributed by atoms with E-state index in [2.05, 4.69) is 32.5 Å². The van der Waals surface area contributed by atoms with Gasteiger partial charge in [-0.2, -0.15) is 13.5 Å². The molecule has 4 aromatic rings. The zero-order valence-corrected chi connectivity index (χ0v) is 18.8. The number of rotatable bonds is 6. The van der Waals surface area contributed by atoms with Gasteiger partial charge in [0.2, 0.25) is 0 Å². The zero-order chi connectivity index (χ0) is 21.8. The molecule has 0 aliphatic carbocycles. The standard InChI is InChI=1S/C24H23N5O2.H2S/c1-15(18-4-3-5-19-20(24(31)25-2)10-11-26-23(18)19)13-27-22-12-21(28-14-29-22)16-6-8-17(30)9-7-16;/h3-12,14-15,30H,13H2,1-2H3,(H,25,31)(H,27,28,29);1H2/t15-;/m1./s1. The smallest absolute Gasteiger partial charge is 0.251 e. The van der Waals surface area contributed by atoms with Gasteiger partial charge in [-0.25, -0.2) is 9.97 Å². The summed E-state index contributed by atoms with van der Waals surface area (Å²) < 4.78 is 0. The Labute approximate surface area is 193 Å². The molecule has 0 spiro atoms. The number of benzene rings is 2. The minimum atomic E-state index is -0.127. The van der Waals surface area contributed by atoms with Crippen LogP contribution in [-0.2, 0) is 0 Å². The van der Waals surface area contributed by atoms with Crippen LogP contribution in [0.2, 0.25) is 0 Å². The number of pyridine rings is 1. The minimum Gasteiger partial charge on any atom is -0.508 e. The molecule has 8 heteroatoms. The van der Waals surface area contributed by atoms with Gasteiger partial charge in [0.25, 0.3) is 5.91 Å². The molecule has 2 heterocycles. The fourth-order valence-electron chi connectivity index (χ4n) is 3.54. The van der Waals surface area contributed by atoms with E-state index in [9.17, 15) is 9.90 Å². The third kappa shape index (κ3) is 4.81. The number of nitrogens with one attached hydrogen (secondary N) is 2. The van der Waals surface area contributed by atoms with Crippen molar-refractivity contribution in [2.75, 3.05) is 18.9 Å². The Morgan fingerprint density at radius 1 is 1.06 bits per heavy atom. The molecule has 3 N–H and O–H groups in total. The van der Waals surface area contributed by atoms with Crippen LogP contribution in [0.5, 0.6) is 5.75 Å². The van der Waals surface area contributed by atoms with Gasteiger partial charge >= 0.3 is 0 Å². The molecule has 0 aliphatic rings. The summed E-state index contributed by atoms with van der Waals surface area (Å²) in [5, 5.41) is 16.4. The normalized spacial score (nSPS) is 11.4. The SMILES string of the molecule is CNC(=O)c1ccnc2c([C@H](C)CNc3cc(-c4ccc(O)cc4)ncn3)cccc12.S. The fourth-order valence-corrected chi connectivity index (χ4v) is 3.54. The van der Waals surface area contributed by atoms with Crippen LogP contribution >= 0.6 is 13.5 Å². The number of phenols is 1. The van der Waals surface area contributed by atoms with Crippen molar-refractivity contribution in [3.8, 4) is 17.0 Å². The van der Waals surface area contributed by atoms with E-state index >= 15 is 0 Å². The Bertz CT molecular complexity index is 1230. The first-order valence-electron chi connectivity index (χ1n) is 10.0. The van der Waals surface area contributed by atoms with E-state index < -0.39 is 0 Å². The number of fused-ring (bicyclic) bond motifs is 1. The Kier molecular flexibility index (Phi) is 7.27. The molecule has 0 unspecified atom stereocenters. The Morgan fingerprint density at radius 2 is 1.84 bits per heavy atom. The van der Waals surface area contributed by atoms with Crippen LogP contribution in [-0.4, -0.2) is 39.6 Å². The summed E-state index contributed by atoms with van der Waals surface area (Å²) in [5.74, 6) is 0.929. The molecule has 1 atom stereocenters. The van der Waals surface area contributed by atoms with Crippen LogP contribution in [0.15, 0.2) is 67.1 Å². The monoisotopic (exact) mass is 447 g/mol. The molecular weight excluding hydrogens is 422 g/mol. The maximum absolute atomic E-state index is 12.2. The highest BCUT2D eigenvalue weighted by atomic mass is 32.1. The van der Waals surface area contributed by atoms with E-state index in [1.165, 1.54) is 6.33 Å². The number of aromatic nitrogens is 3. The molecule has 0 fully saturated rings. The summed E-state index contributed by atoms with van der Waals surface area (Å²) in [6, 6.07) is 16.4. The van der Waals surface area contributed by atoms with E-state index in [4.69, 9.17) is 0 Å². The molecular formula is C24H25N5O2S. The second-order valence-corrected chi connectivity index (χ2v) is 7.30. The molecule has 0 radical (unpaired) electrons. The number of carbonyl (C=O) groups is 1. The second-order valence-electron chi connectivity index (χ2n) is 7.30. The molecule has 32 heavy (non-hydrogen) atoms. The second kappa shape index (κ2) is 10.1. The van der Waals surface area contributed by atoms with Gasteiger partial charge in [0.15, 0.2) is 0 Å². The van der Waals surface area contributed by atoms with Gasteiger partial charge in [-0.3, -0.25) is 9.78 Å². The number of para-hydroxylation sites is 1. The highest BCUT2D eigenvalue weighted by Gasteiger charge is 2.15. The molecule has 0 saturated carbocycles. The van der Waals surface area contributed by atoms with Gasteiger partial charge in [0, 0.05) is 42.7 Å². The third-order valence-electron chi connectivity index (χ3n) is 5.22. The number of phenolic OH excluding ortho intramolecular Hbond substituents is 1. The van der Waals surface area contributed by atoms with E-state index in [1.807, 2.05) is 36.4 Å².